The molecule has 0 bridgehead atoms. The average Bonchev–Trinajstić information content (AvgIpc) is 3.20. The van der Waals surface area contributed by atoms with E-state index in [2.05, 4.69) is 29.1 Å². The van der Waals surface area contributed by atoms with Gasteiger partial charge in [0.05, 0.1) is 13.2 Å². The summed E-state index contributed by atoms with van der Waals surface area (Å²) in [7, 11) is 1.63. The number of anilines is 2. The quantitative estimate of drug-likeness (QED) is 0.848. The standard InChI is InChI=1S/C15H20N6OS/c1-10-17-15(23-19-10)21-8-5-11-4-7-20(9-12(11)21)14-16-6-3-13(18-14)22-2/h3,6,11-12H,4-5,7-9H2,1-2H3. The Labute approximate surface area is 139 Å². The first-order chi connectivity index (χ1) is 11.2. The maximum atomic E-state index is 5.22. The minimum absolute atomic E-state index is 0.464. The van der Waals surface area contributed by atoms with E-state index in [0.717, 1.165) is 42.5 Å². The SMILES string of the molecule is COc1ccnc(N2CCC3CCN(c4nc(C)ns4)C3C2)n1. The highest BCUT2D eigenvalue weighted by atomic mass is 32.1. The smallest absolute Gasteiger partial charge is 0.228 e. The number of piperidine rings is 1. The molecule has 2 aliphatic heterocycles. The Morgan fingerprint density at radius 1 is 1.26 bits per heavy atom. The number of aryl methyl sites for hydroxylation is 1. The highest BCUT2D eigenvalue weighted by Gasteiger charge is 2.40. The Balaban J connectivity index is 1.55. The maximum Gasteiger partial charge on any atom is 0.228 e. The summed E-state index contributed by atoms with van der Waals surface area (Å²) < 4.78 is 9.55. The van der Waals surface area contributed by atoms with Gasteiger partial charge >= 0.3 is 0 Å². The van der Waals surface area contributed by atoms with Crippen LogP contribution in [0.1, 0.15) is 18.7 Å². The van der Waals surface area contributed by atoms with Gasteiger partial charge in [0.2, 0.25) is 17.0 Å². The highest BCUT2D eigenvalue weighted by molar-refractivity contribution is 7.09. The molecule has 0 saturated carbocycles. The van der Waals surface area contributed by atoms with Gasteiger partial charge in [-0.2, -0.15) is 9.36 Å². The van der Waals surface area contributed by atoms with Crippen molar-refractivity contribution in [3.05, 3.63) is 18.1 Å². The zero-order valence-corrected chi connectivity index (χ0v) is 14.2. The Morgan fingerprint density at radius 3 is 2.91 bits per heavy atom. The minimum Gasteiger partial charge on any atom is -0.481 e. The lowest BCUT2D eigenvalue weighted by Crippen LogP contribution is -2.48. The monoisotopic (exact) mass is 332 g/mol. The van der Waals surface area contributed by atoms with Gasteiger partial charge < -0.3 is 14.5 Å². The second-order valence-electron chi connectivity index (χ2n) is 6.07. The fraction of sp³-hybridized carbons (Fsp3) is 0.600. The third-order valence-electron chi connectivity index (χ3n) is 4.73. The number of hydrogen-bond acceptors (Lipinski definition) is 8. The summed E-state index contributed by atoms with van der Waals surface area (Å²) in [6, 6.07) is 2.24. The van der Waals surface area contributed by atoms with E-state index in [-0.39, 0.29) is 0 Å². The van der Waals surface area contributed by atoms with E-state index in [1.807, 2.05) is 6.92 Å². The van der Waals surface area contributed by atoms with Gasteiger partial charge in [-0.15, -0.1) is 0 Å². The number of fused-ring (bicyclic) bond motifs is 1. The van der Waals surface area contributed by atoms with Gasteiger partial charge in [-0.3, -0.25) is 0 Å². The van der Waals surface area contributed by atoms with Gasteiger partial charge in [0.1, 0.15) is 5.82 Å². The summed E-state index contributed by atoms with van der Waals surface area (Å²) in [4.78, 5) is 18.1. The van der Waals surface area contributed by atoms with Crippen LogP contribution >= 0.6 is 11.5 Å². The van der Waals surface area contributed by atoms with Crippen molar-refractivity contribution in [3.8, 4) is 5.88 Å². The fourth-order valence-electron chi connectivity index (χ4n) is 3.56. The van der Waals surface area contributed by atoms with Gasteiger partial charge in [-0.1, -0.05) is 0 Å². The van der Waals surface area contributed by atoms with Crippen LogP contribution in [0.5, 0.6) is 5.88 Å². The van der Waals surface area contributed by atoms with Crippen LogP contribution in [0, 0.1) is 12.8 Å². The first kappa shape index (κ1) is 14.6. The average molecular weight is 332 g/mol. The summed E-state index contributed by atoms with van der Waals surface area (Å²) in [5, 5.41) is 1.04. The van der Waals surface area contributed by atoms with Gasteiger partial charge in [0.25, 0.3) is 0 Å². The largest absolute Gasteiger partial charge is 0.481 e. The zero-order valence-electron chi connectivity index (χ0n) is 13.3. The van der Waals surface area contributed by atoms with Crippen LogP contribution in [-0.4, -0.2) is 52.1 Å². The molecule has 2 aromatic rings. The van der Waals surface area contributed by atoms with Crippen LogP contribution < -0.4 is 14.5 Å². The van der Waals surface area contributed by atoms with Crippen LogP contribution in [0.2, 0.25) is 0 Å². The number of hydrogen-bond donors (Lipinski definition) is 0. The minimum atomic E-state index is 0.464. The van der Waals surface area contributed by atoms with E-state index in [1.165, 1.54) is 24.4 Å². The van der Waals surface area contributed by atoms with Crippen molar-refractivity contribution in [3.63, 3.8) is 0 Å². The lowest BCUT2D eigenvalue weighted by molar-refractivity contribution is 0.379. The molecule has 2 atom stereocenters. The first-order valence-electron chi connectivity index (χ1n) is 7.93. The van der Waals surface area contributed by atoms with E-state index < -0.39 is 0 Å². The Morgan fingerprint density at radius 2 is 2.13 bits per heavy atom. The number of rotatable bonds is 3. The lowest BCUT2D eigenvalue weighted by Gasteiger charge is -2.38. The maximum absolute atomic E-state index is 5.22. The van der Waals surface area contributed by atoms with Crippen molar-refractivity contribution >= 4 is 22.6 Å². The topological polar surface area (TPSA) is 67.3 Å². The zero-order chi connectivity index (χ0) is 15.8. The van der Waals surface area contributed by atoms with Crippen molar-refractivity contribution < 1.29 is 4.74 Å². The molecule has 0 N–H and O–H groups in total. The molecule has 2 aliphatic rings. The van der Waals surface area contributed by atoms with Gasteiger partial charge in [0.15, 0.2) is 0 Å². The molecule has 0 radical (unpaired) electrons. The molecule has 4 heterocycles. The summed E-state index contributed by atoms with van der Waals surface area (Å²) in [5.41, 5.74) is 0. The predicted molar refractivity (Wildman–Crippen MR) is 89.3 cm³/mol. The molecular formula is C15H20N6OS. The molecule has 8 heteroatoms. The van der Waals surface area contributed by atoms with E-state index in [9.17, 15) is 0 Å². The van der Waals surface area contributed by atoms with Crippen LogP contribution in [0.15, 0.2) is 12.3 Å². The van der Waals surface area contributed by atoms with E-state index in [4.69, 9.17) is 4.74 Å². The number of methoxy groups -OCH3 is 1. The first-order valence-corrected chi connectivity index (χ1v) is 8.71. The molecule has 0 aliphatic carbocycles. The van der Waals surface area contributed by atoms with E-state index in [0.29, 0.717) is 11.9 Å². The molecular weight excluding hydrogens is 312 g/mol. The second kappa shape index (κ2) is 5.92. The summed E-state index contributed by atoms with van der Waals surface area (Å²) in [6.45, 7) is 4.94. The van der Waals surface area contributed by atoms with Gasteiger partial charge in [0, 0.05) is 43.4 Å². The Kier molecular flexibility index (Phi) is 3.76. The number of ether oxygens (including phenoxy) is 1. The molecule has 2 aromatic heterocycles. The summed E-state index contributed by atoms with van der Waals surface area (Å²) >= 11 is 1.50. The third-order valence-corrected chi connectivity index (χ3v) is 5.58. The van der Waals surface area contributed by atoms with Gasteiger partial charge in [-0.25, -0.2) is 9.97 Å². The lowest BCUT2D eigenvalue weighted by atomic mass is 9.92. The van der Waals surface area contributed by atoms with E-state index in [1.54, 1.807) is 19.4 Å². The molecule has 0 aromatic carbocycles. The van der Waals surface area contributed by atoms with Crippen molar-refractivity contribution in [2.24, 2.45) is 5.92 Å². The molecule has 23 heavy (non-hydrogen) atoms. The molecule has 2 unspecified atom stereocenters. The molecule has 0 spiro atoms. The normalized spacial score (nSPS) is 23.9. The third kappa shape index (κ3) is 2.71. The van der Waals surface area contributed by atoms with Gasteiger partial charge in [-0.05, 0) is 25.7 Å². The molecule has 7 nitrogen and oxygen atoms in total. The Hall–Kier alpha value is -1.96. The van der Waals surface area contributed by atoms with Crippen LogP contribution in [-0.2, 0) is 0 Å². The number of aromatic nitrogens is 4. The summed E-state index contributed by atoms with van der Waals surface area (Å²) in [5.74, 6) is 2.95. The molecule has 0 amide bonds. The van der Waals surface area contributed by atoms with Crippen molar-refractivity contribution in [1.82, 2.24) is 19.3 Å². The van der Waals surface area contributed by atoms with Crippen LogP contribution in [0.25, 0.3) is 0 Å². The summed E-state index contributed by atoms with van der Waals surface area (Å²) in [6.07, 6.45) is 4.16. The fourth-order valence-corrected chi connectivity index (χ4v) is 4.32. The predicted octanol–water partition coefficient (Wildman–Crippen LogP) is 1.75. The van der Waals surface area contributed by atoms with Crippen molar-refractivity contribution in [2.45, 2.75) is 25.8 Å². The van der Waals surface area contributed by atoms with Crippen molar-refractivity contribution in [1.29, 1.82) is 0 Å². The number of nitrogens with zero attached hydrogens (tertiary/aromatic N) is 6. The molecule has 122 valence electrons. The van der Waals surface area contributed by atoms with Crippen molar-refractivity contribution in [2.75, 3.05) is 36.5 Å². The Bertz CT molecular complexity index is 692. The second-order valence-corrected chi connectivity index (χ2v) is 6.80. The molecule has 2 saturated heterocycles. The van der Waals surface area contributed by atoms with Crippen LogP contribution in [0.4, 0.5) is 11.1 Å². The van der Waals surface area contributed by atoms with Crippen LogP contribution in [0.3, 0.4) is 0 Å². The van der Waals surface area contributed by atoms with E-state index >= 15 is 0 Å². The molecule has 4 rings (SSSR count). The highest BCUT2D eigenvalue weighted by Crippen LogP contribution is 2.36. The molecule has 2 fully saturated rings.